The number of aliphatic hydroxyl groups is 1. The summed E-state index contributed by atoms with van der Waals surface area (Å²) < 4.78 is 29.4. The van der Waals surface area contributed by atoms with E-state index < -0.39 is 19.1 Å². The number of hydrogen-bond acceptors (Lipinski definition) is 3. The number of rotatable bonds is 5. The van der Waals surface area contributed by atoms with Gasteiger partial charge in [0.2, 0.25) is 0 Å². The summed E-state index contributed by atoms with van der Waals surface area (Å²) in [6.07, 6.45) is -0.0889. The number of halogens is 2. The molecule has 1 aromatic carbocycles. The fraction of sp³-hybridized carbons (Fsp3) is 0.533. The zero-order valence-electron chi connectivity index (χ0n) is 12.1. The molecule has 2 amide bonds. The van der Waals surface area contributed by atoms with Gasteiger partial charge in [0.15, 0.2) is 0 Å². The standard InChI is InChI=1S/C15H20F2N2O3/c16-14(17)9-22-13-4-2-1-3-12(13)19-15(21)18-10-5-7-11(20)8-6-10/h1-4,10-11,14,20H,5-9H2,(H2,18,19,21). The van der Waals surface area contributed by atoms with Crippen LogP contribution in [-0.4, -0.2) is 36.3 Å². The molecule has 0 spiro atoms. The van der Waals surface area contributed by atoms with Gasteiger partial charge in [-0.15, -0.1) is 0 Å². The Bertz CT molecular complexity index is 491. The predicted molar refractivity (Wildman–Crippen MR) is 78.4 cm³/mol. The van der Waals surface area contributed by atoms with Crippen molar-refractivity contribution in [3.05, 3.63) is 24.3 Å². The first kappa shape index (κ1) is 16.5. The topological polar surface area (TPSA) is 70.6 Å². The van der Waals surface area contributed by atoms with Gasteiger partial charge in [-0.05, 0) is 37.8 Å². The summed E-state index contributed by atoms with van der Waals surface area (Å²) >= 11 is 0. The zero-order chi connectivity index (χ0) is 15.9. The summed E-state index contributed by atoms with van der Waals surface area (Å²) in [6.45, 7) is -0.721. The van der Waals surface area contributed by atoms with Crippen molar-refractivity contribution in [3.8, 4) is 5.75 Å². The molecule has 0 atom stereocenters. The van der Waals surface area contributed by atoms with Crippen LogP contribution in [-0.2, 0) is 0 Å². The van der Waals surface area contributed by atoms with E-state index in [-0.39, 0.29) is 17.9 Å². The summed E-state index contributed by atoms with van der Waals surface area (Å²) in [5.74, 6) is 0.206. The largest absolute Gasteiger partial charge is 0.485 e. The molecular weight excluding hydrogens is 294 g/mol. The van der Waals surface area contributed by atoms with Crippen LogP contribution in [0.4, 0.5) is 19.3 Å². The Morgan fingerprint density at radius 2 is 1.95 bits per heavy atom. The molecule has 122 valence electrons. The molecule has 5 nitrogen and oxygen atoms in total. The summed E-state index contributed by atoms with van der Waals surface area (Å²) in [5.41, 5.74) is 0.344. The van der Waals surface area contributed by atoms with Crippen LogP contribution in [0, 0.1) is 0 Å². The first-order valence-corrected chi connectivity index (χ1v) is 7.30. The van der Waals surface area contributed by atoms with Gasteiger partial charge >= 0.3 is 6.03 Å². The van der Waals surface area contributed by atoms with Crippen LogP contribution in [0.1, 0.15) is 25.7 Å². The van der Waals surface area contributed by atoms with E-state index in [1.807, 2.05) is 0 Å². The third-order valence-corrected chi connectivity index (χ3v) is 3.53. The summed E-state index contributed by atoms with van der Waals surface area (Å²) in [5, 5.41) is 14.9. The Balaban J connectivity index is 1.88. The van der Waals surface area contributed by atoms with Crippen molar-refractivity contribution < 1.29 is 23.4 Å². The average Bonchev–Trinajstić information content (AvgIpc) is 2.48. The smallest absolute Gasteiger partial charge is 0.319 e. The van der Waals surface area contributed by atoms with E-state index >= 15 is 0 Å². The van der Waals surface area contributed by atoms with Gasteiger partial charge in [-0.25, -0.2) is 13.6 Å². The van der Waals surface area contributed by atoms with Crippen LogP contribution >= 0.6 is 0 Å². The van der Waals surface area contributed by atoms with Crippen molar-refractivity contribution in [2.75, 3.05) is 11.9 Å². The van der Waals surface area contributed by atoms with Crippen LogP contribution in [0.5, 0.6) is 5.75 Å². The lowest BCUT2D eigenvalue weighted by Gasteiger charge is -2.26. The monoisotopic (exact) mass is 314 g/mol. The molecule has 0 heterocycles. The van der Waals surface area contributed by atoms with Crippen LogP contribution in [0.3, 0.4) is 0 Å². The Morgan fingerprint density at radius 1 is 1.27 bits per heavy atom. The molecule has 1 aliphatic rings. The van der Waals surface area contributed by atoms with Gasteiger partial charge in [0.25, 0.3) is 6.43 Å². The lowest BCUT2D eigenvalue weighted by molar-refractivity contribution is 0.0822. The maximum atomic E-state index is 12.2. The molecular formula is C15H20F2N2O3. The van der Waals surface area contributed by atoms with Gasteiger partial charge in [0.1, 0.15) is 12.4 Å². The first-order chi connectivity index (χ1) is 10.5. The second kappa shape index (κ2) is 7.93. The zero-order valence-corrected chi connectivity index (χ0v) is 12.1. The van der Waals surface area contributed by atoms with Crippen LogP contribution in [0.25, 0.3) is 0 Å². The van der Waals surface area contributed by atoms with E-state index in [2.05, 4.69) is 10.6 Å². The number of aliphatic hydroxyl groups excluding tert-OH is 1. The van der Waals surface area contributed by atoms with Crippen LogP contribution in [0.2, 0.25) is 0 Å². The first-order valence-electron chi connectivity index (χ1n) is 7.30. The molecule has 1 fully saturated rings. The Labute approximate surface area is 127 Å². The quantitative estimate of drug-likeness (QED) is 0.782. The van der Waals surface area contributed by atoms with Gasteiger partial charge in [-0.3, -0.25) is 0 Å². The number of para-hydroxylation sites is 2. The number of benzene rings is 1. The molecule has 3 N–H and O–H groups in total. The highest BCUT2D eigenvalue weighted by atomic mass is 19.3. The van der Waals surface area contributed by atoms with E-state index in [9.17, 15) is 18.7 Å². The molecule has 1 aliphatic carbocycles. The van der Waals surface area contributed by atoms with Crippen molar-refractivity contribution in [1.82, 2.24) is 5.32 Å². The molecule has 7 heteroatoms. The molecule has 1 saturated carbocycles. The number of amides is 2. The second-order valence-corrected chi connectivity index (χ2v) is 5.30. The maximum Gasteiger partial charge on any atom is 0.319 e. The summed E-state index contributed by atoms with van der Waals surface area (Å²) in [6, 6.07) is 6.04. The minimum absolute atomic E-state index is 0.0116. The lowest BCUT2D eigenvalue weighted by Crippen LogP contribution is -2.40. The third-order valence-electron chi connectivity index (χ3n) is 3.53. The van der Waals surface area contributed by atoms with Gasteiger partial charge in [-0.2, -0.15) is 0 Å². The van der Waals surface area contributed by atoms with Crippen LogP contribution in [0.15, 0.2) is 24.3 Å². The lowest BCUT2D eigenvalue weighted by atomic mass is 9.93. The van der Waals surface area contributed by atoms with Crippen molar-refractivity contribution in [2.24, 2.45) is 0 Å². The Hall–Kier alpha value is -1.89. The number of alkyl halides is 2. The number of ether oxygens (including phenoxy) is 1. The molecule has 2 rings (SSSR count). The maximum absolute atomic E-state index is 12.2. The van der Waals surface area contributed by atoms with E-state index in [0.717, 1.165) is 12.8 Å². The number of carbonyl (C=O) groups is 1. The minimum atomic E-state index is -2.57. The normalized spacial score (nSPS) is 21.5. The number of anilines is 1. The minimum Gasteiger partial charge on any atom is -0.485 e. The van der Waals surface area contributed by atoms with Crippen molar-refractivity contribution in [3.63, 3.8) is 0 Å². The molecule has 0 bridgehead atoms. The van der Waals surface area contributed by atoms with E-state index in [1.165, 1.54) is 6.07 Å². The Kier molecular flexibility index (Phi) is 5.94. The molecule has 0 saturated heterocycles. The van der Waals surface area contributed by atoms with E-state index in [0.29, 0.717) is 18.5 Å². The van der Waals surface area contributed by atoms with Crippen molar-refractivity contribution >= 4 is 11.7 Å². The second-order valence-electron chi connectivity index (χ2n) is 5.30. The highest BCUT2D eigenvalue weighted by Gasteiger charge is 2.21. The van der Waals surface area contributed by atoms with Crippen molar-refractivity contribution in [2.45, 2.75) is 44.3 Å². The number of carbonyl (C=O) groups excluding carboxylic acids is 1. The van der Waals surface area contributed by atoms with Gasteiger partial charge in [-0.1, -0.05) is 12.1 Å². The molecule has 0 unspecified atom stereocenters. The Morgan fingerprint density at radius 3 is 2.64 bits per heavy atom. The number of hydrogen-bond donors (Lipinski definition) is 3. The number of nitrogens with one attached hydrogen (secondary N) is 2. The molecule has 22 heavy (non-hydrogen) atoms. The van der Waals surface area contributed by atoms with E-state index in [4.69, 9.17) is 4.74 Å². The summed E-state index contributed by atoms with van der Waals surface area (Å²) in [4.78, 5) is 12.0. The summed E-state index contributed by atoms with van der Waals surface area (Å²) in [7, 11) is 0. The highest BCUT2D eigenvalue weighted by molar-refractivity contribution is 5.91. The average molecular weight is 314 g/mol. The van der Waals surface area contributed by atoms with Gasteiger partial charge in [0, 0.05) is 6.04 Å². The fourth-order valence-electron chi connectivity index (χ4n) is 2.41. The number of urea groups is 1. The molecule has 0 aromatic heterocycles. The predicted octanol–water partition coefficient (Wildman–Crippen LogP) is 2.76. The van der Waals surface area contributed by atoms with Crippen molar-refractivity contribution in [1.29, 1.82) is 0 Å². The third kappa shape index (κ3) is 5.14. The highest BCUT2D eigenvalue weighted by Crippen LogP contribution is 2.24. The van der Waals surface area contributed by atoms with Crippen LogP contribution < -0.4 is 15.4 Å². The van der Waals surface area contributed by atoms with E-state index in [1.54, 1.807) is 18.2 Å². The SMILES string of the molecule is O=C(Nc1ccccc1OCC(F)F)NC1CCC(O)CC1. The molecule has 0 radical (unpaired) electrons. The van der Waals surface area contributed by atoms with Gasteiger partial charge in [0.05, 0.1) is 11.8 Å². The molecule has 0 aliphatic heterocycles. The molecule has 1 aromatic rings. The fourth-order valence-corrected chi connectivity index (χ4v) is 2.41. The van der Waals surface area contributed by atoms with Gasteiger partial charge < -0.3 is 20.5 Å².